The molecule has 224 valence electrons. The van der Waals surface area contributed by atoms with Gasteiger partial charge >= 0.3 is 11.9 Å². The number of esters is 2. The number of thioether (sulfide) groups is 1. The number of rotatable bonds is 19. The van der Waals surface area contributed by atoms with Crippen molar-refractivity contribution in [1.29, 1.82) is 0 Å². The fraction of sp³-hybridized carbons (Fsp3) is 0.405. The maximum absolute atomic E-state index is 12.1. The van der Waals surface area contributed by atoms with Gasteiger partial charge in [0.2, 0.25) is 0 Å². The van der Waals surface area contributed by atoms with E-state index in [0.717, 1.165) is 37.9 Å². The Morgan fingerprint density at radius 3 is 2.26 bits per heavy atom. The minimum Gasteiger partial charge on any atom is -0.466 e. The molecule has 5 heteroatoms. The average Bonchev–Trinajstić information content (AvgIpc) is 3.01. The first-order chi connectivity index (χ1) is 20.6. The molecule has 1 unspecified atom stereocenters. The van der Waals surface area contributed by atoms with Crippen molar-refractivity contribution in [2.45, 2.75) is 76.5 Å². The summed E-state index contributed by atoms with van der Waals surface area (Å²) in [5.41, 5.74) is 4.43. The summed E-state index contributed by atoms with van der Waals surface area (Å²) < 4.78 is 10.2. The Kier molecular flexibility index (Phi) is 15.6. The number of allylic oxidation sites excluding steroid dienone is 1. The molecule has 0 bridgehead atoms. The highest BCUT2D eigenvalue weighted by molar-refractivity contribution is 7.99. The molecule has 0 spiro atoms. The topological polar surface area (TPSA) is 52.6 Å². The number of ether oxygens (including phenoxy) is 2. The first-order valence-electron chi connectivity index (χ1n) is 15.4. The van der Waals surface area contributed by atoms with Crippen molar-refractivity contribution in [3.05, 3.63) is 107 Å². The number of benzene rings is 3. The Balaban J connectivity index is 1.57. The van der Waals surface area contributed by atoms with E-state index in [1.165, 1.54) is 40.8 Å². The molecule has 0 saturated carbocycles. The van der Waals surface area contributed by atoms with Crippen LogP contribution in [0.15, 0.2) is 89.8 Å². The largest absolute Gasteiger partial charge is 0.466 e. The number of carbonyl (C=O) groups is 2. The van der Waals surface area contributed by atoms with Crippen LogP contribution in [0.2, 0.25) is 0 Å². The molecule has 4 nitrogen and oxygen atoms in total. The number of hydrogen-bond donors (Lipinski definition) is 0. The number of unbranched alkanes of at least 4 members (excludes halogenated alkanes) is 3. The number of carbonyl (C=O) groups excluding carboxylic acids is 2. The molecule has 0 saturated heterocycles. The molecule has 0 aromatic heterocycles. The molecular formula is C37H46O4S. The van der Waals surface area contributed by atoms with E-state index in [4.69, 9.17) is 9.47 Å². The monoisotopic (exact) mass is 586 g/mol. The van der Waals surface area contributed by atoms with Gasteiger partial charge in [-0.2, -0.15) is 0 Å². The first kappa shape index (κ1) is 33.2. The zero-order valence-corrected chi connectivity index (χ0v) is 26.1. The second-order valence-corrected chi connectivity index (χ2v) is 11.6. The fourth-order valence-electron chi connectivity index (χ4n) is 4.89. The SMILES string of the molecule is CCOC(=O)CCCCC(/C=C/c1ccccc1SCCCCCc1ccccc1)Cc1ccc(C(=O)OCC)cc1. The van der Waals surface area contributed by atoms with E-state index in [9.17, 15) is 9.59 Å². The highest BCUT2D eigenvalue weighted by Crippen LogP contribution is 2.27. The zero-order chi connectivity index (χ0) is 29.8. The van der Waals surface area contributed by atoms with E-state index in [2.05, 4.69) is 66.7 Å². The zero-order valence-electron chi connectivity index (χ0n) is 25.3. The summed E-state index contributed by atoms with van der Waals surface area (Å²) in [5, 5.41) is 0. The Morgan fingerprint density at radius 2 is 1.50 bits per heavy atom. The molecule has 0 aliphatic rings. The molecular weight excluding hydrogens is 540 g/mol. The summed E-state index contributed by atoms with van der Waals surface area (Å²) in [4.78, 5) is 25.2. The van der Waals surface area contributed by atoms with Crippen LogP contribution in [0.3, 0.4) is 0 Å². The van der Waals surface area contributed by atoms with Crippen LogP contribution in [0.5, 0.6) is 0 Å². The number of aryl methyl sites for hydroxylation is 1. The summed E-state index contributed by atoms with van der Waals surface area (Å²) in [7, 11) is 0. The Labute approximate surface area is 256 Å². The van der Waals surface area contributed by atoms with Gasteiger partial charge in [-0.1, -0.05) is 85.7 Å². The van der Waals surface area contributed by atoms with E-state index in [1.807, 2.05) is 49.9 Å². The molecule has 1 atom stereocenters. The normalized spacial score (nSPS) is 11.9. The van der Waals surface area contributed by atoms with Gasteiger partial charge in [-0.15, -0.1) is 11.8 Å². The molecule has 3 aromatic carbocycles. The van der Waals surface area contributed by atoms with Crippen LogP contribution in [0, 0.1) is 5.92 Å². The van der Waals surface area contributed by atoms with Gasteiger partial charge in [-0.05, 0) is 98.9 Å². The quantitative estimate of drug-likeness (QED) is 0.0796. The Morgan fingerprint density at radius 1 is 0.762 bits per heavy atom. The van der Waals surface area contributed by atoms with E-state index < -0.39 is 0 Å². The van der Waals surface area contributed by atoms with Gasteiger partial charge in [0.25, 0.3) is 0 Å². The predicted molar refractivity (Wildman–Crippen MR) is 175 cm³/mol. The summed E-state index contributed by atoms with van der Waals surface area (Å²) in [5.74, 6) is 1.02. The highest BCUT2D eigenvalue weighted by atomic mass is 32.2. The van der Waals surface area contributed by atoms with Crippen LogP contribution in [-0.4, -0.2) is 30.9 Å². The lowest BCUT2D eigenvalue weighted by Gasteiger charge is -2.14. The van der Waals surface area contributed by atoms with Gasteiger partial charge in [0.1, 0.15) is 0 Å². The van der Waals surface area contributed by atoms with Gasteiger partial charge < -0.3 is 9.47 Å². The molecule has 42 heavy (non-hydrogen) atoms. The third-order valence-corrected chi connectivity index (χ3v) is 8.33. The van der Waals surface area contributed by atoms with Crippen LogP contribution >= 0.6 is 11.8 Å². The number of hydrogen-bond acceptors (Lipinski definition) is 5. The van der Waals surface area contributed by atoms with Crippen molar-refractivity contribution in [1.82, 2.24) is 0 Å². The van der Waals surface area contributed by atoms with Gasteiger partial charge in [-0.3, -0.25) is 4.79 Å². The van der Waals surface area contributed by atoms with Gasteiger partial charge in [-0.25, -0.2) is 4.79 Å². The van der Waals surface area contributed by atoms with Gasteiger partial charge in [0, 0.05) is 11.3 Å². The smallest absolute Gasteiger partial charge is 0.338 e. The molecule has 0 N–H and O–H groups in total. The Bertz CT molecular complexity index is 1220. The molecule has 0 radical (unpaired) electrons. The predicted octanol–water partition coefficient (Wildman–Crippen LogP) is 9.36. The molecule has 0 amide bonds. The third kappa shape index (κ3) is 12.7. The lowest BCUT2D eigenvalue weighted by molar-refractivity contribution is -0.143. The lowest BCUT2D eigenvalue weighted by Crippen LogP contribution is -2.06. The lowest BCUT2D eigenvalue weighted by atomic mass is 9.92. The second-order valence-electron chi connectivity index (χ2n) is 10.5. The maximum Gasteiger partial charge on any atom is 0.338 e. The van der Waals surface area contributed by atoms with Gasteiger partial charge in [0.15, 0.2) is 0 Å². The minimum absolute atomic E-state index is 0.120. The molecule has 0 fully saturated rings. The van der Waals surface area contributed by atoms with Crippen molar-refractivity contribution in [2.75, 3.05) is 19.0 Å². The standard InChI is InChI=1S/C37H46O4S/c1-3-40-36(38)21-13-10-18-31(29-32-23-26-34(27-24-32)37(39)41-4-2)22-25-33-19-11-12-20-35(33)42-28-14-6-9-17-30-15-7-5-8-16-30/h5,7-8,11-12,15-16,19-20,22-27,31H,3-4,6,9-10,13-14,17-18,21,28-29H2,1-2H3/b25-22+. The summed E-state index contributed by atoms with van der Waals surface area (Å²) in [6.45, 7) is 4.45. The maximum atomic E-state index is 12.1. The van der Waals surface area contributed by atoms with Crippen molar-refractivity contribution in [3.8, 4) is 0 Å². The Hall–Kier alpha value is -3.31. The van der Waals surface area contributed by atoms with Crippen LogP contribution in [0.1, 0.15) is 85.8 Å². The van der Waals surface area contributed by atoms with E-state index >= 15 is 0 Å². The third-order valence-electron chi connectivity index (χ3n) is 7.15. The summed E-state index contributed by atoms with van der Waals surface area (Å²) in [6, 6.07) is 27.1. The summed E-state index contributed by atoms with van der Waals surface area (Å²) >= 11 is 1.94. The van der Waals surface area contributed by atoms with Crippen LogP contribution in [0.25, 0.3) is 6.08 Å². The van der Waals surface area contributed by atoms with Gasteiger partial charge in [0.05, 0.1) is 18.8 Å². The molecule has 0 aliphatic carbocycles. The molecule has 0 aliphatic heterocycles. The highest BCUT2D eigenvalue weighted by Gasteiger charge is 2.11. The van der Waals surface area contributed by atoms with Crippen molar-refractivity contribution < 1.29 is 19.1 Å². The van der Waals surface area contributed by atoms with Crippen molar-refractivity contribution in [2.24, 2.45) is 5.92 Å². The van der Waals surface area contributed by atoms with Crippen LogP contribution < -0.4 is 0 Å². The van der Waals surface area contributed by atoms with Crippen LogP contribution in [-0.2, 0) is 27.1 Å². The summed E-state index contributed by atoms with van der Waals surface area (Å²) in [6.07, 6.45) is 13.5. The first-order valence-corrected chi connectivity index (χ1v) is 16.4. The van der Waals surface area contributed by atoms with Crippen molar-refractivity contribution in [3.63, 3.8) is 0 Å². The molecule has 3 rings (SSSR count). The second kappa shape index (κ2) is 19.7. The van der Waals surface area contributed by atoms with E-state index in [0.29, 0.717) is 31.1 Å². The molecule has 3 aromatic rings. The van der Waals surface area contributed by atoms with Crippen LogP contribution in [0.4, 0.5) is 0 Å². The average molecular weight is 587 g/mol. The van der Waals surface area contributed by atoms with E-state index in [-0.39, 0.29) is 11.9 Å². The van der Waals surface area contributed by atoms with E-state index in [1.54, 1.807) is 0 Å². The molecule has 0 heterocycles. The minimum atomic E-state index is -0.287. The van der Waals surface area contributed by atoms with Crippen molar-refractivity contribution >= 4 is 29.8 Å². The fourth-order valence-corrected chi connectivity index (χ4v) is 5.94.